The fourth-order valence-electron chi connectivity index (χ4n) is 3.78. The molecule has 116 valence electrons. The molecule has 2 aliphatic rings. The summed E-state index contributed by atoms with van der Waals surface area (Å²) in [4.78, 5) is 5.19. The molecular formula is C17H26ClN3. The third kappa shape index (κ3) is 3.05. The average Bonchev–Trinajstić information content (AvgIpc) is 2.46. The van der Waals surface area contributed by atoms with Gasteiger partial charge in [-0.15, -0.1) is 0 Å². The Bertz CT molecular complexity index is 503. The molecule has 2 N–H and O–H groups in total. The van der Waals surface area contributed by atoms with Gasteiger partial charge in [0.25, 0.3) is 0 Å². The van der Waals surface area contributed by atoms with Crippen LogP contribution < -0.4 is 10.6 Å². The molecule has 3 atom stereocenters. The van der Waals surface area contributed by atoms with Gasteiger partial charge in [0.1, 0.15) is 0 Å². The first-order valence-corrected chi connectivity index (χ1v) is 8.50. The van der Waals surface area contributed by atoms with Crippen molar-refractivity contribution in [3.8, 4) is 0 Å². The summed E-state index contributed by atoms with van der Waals surface area (Å²) in [7, 11) is 0. The molecule has 21 heavy (non-hydrogen) atoms. The van der Waals surface area contributed by atoms with Gasteiger partial charge in [0, 0.05) is 41.9 Å². The molecule has 3 unspecified atom stereocenters. The summed E-state index contributed by atoms with van der Waals surface area (Å²) in [6, 6.07) is 7.59. The van der Waals surface area contributed by atoms with E-state index < -0.39 is 0 Å². The second kappa shape index (κ2) is 6.15. The summed E-state index contributed by atoms with van der Waals surface area (Å²) < 4.78 is 0. The van der Waals surface area contributed by atoms with Crippen LogP contribution in [0.15, 0.2) is 18.2 Å². The lowest BCUT2D eigenvalue weighted by molar-refractivity contribution is 0.115. The number of nitrogens with two attached hydrogens (primary N) is 1. The Balaban J connectivity index is 1.81. The van der Waals surface area contributed by atoms with Gasteiger partial charge in [-0.1, -0.05) is 24.1 Å². The van der Waals surface area contributed by atoms with Gasteiger partial charge in [-0.2, -0.15) is 0 Å². The van der Waals surface area contributed by atoms with E-state index in [2.05, 4.69) is 34.9 Å². The Hall–Kier alpha value is -0.770. The highest BCUT2D eigenvalue weighted by atomic mass is 35.5. The quantitative estimate of drug-likeness (QED) is 0.908. The number of anilines is 1. The molecule has 0 amide bonds. The molecule has 1 aromatic rings. The van der Waals surface area contributed by atoms with E-state index in [1.807, 2.05) is 6.92 Å². The Kier molecular flexibility index (Phi) is 4.43. The van der Waals surface area contributed by atoms with Crippen LogP contribution in [0.2, 0.25) is 5.02 Å². The van der Waals surface area contributed by atoms with E-state index >= 15 is 0 Å². The Morgan fingerprint density at radius 1 is 1.29 bits per heavy atom. The van der Waals surface area contributed by atoms with Crippen LogP contribution in [0.3, 0.4) is 0 Å². The Labute approximate surface area is 133 Å². The SMILES string of the molecule is CC(N)c1ccc(N2CC3CCCCN3CC2C)cc1Cl. The highest BCUT2D eigenvalue weighted by Gasteiger charge is 2.33. The normalized spacial score (nSPS) is 28.3. The molecule has 0 spiro atoms. The zero-order chi connectivity index (χ0) is 15.0. The van der Waals surface area contributed by atoms with Crippen molar-refractivity contribution in [1.82, 2.24) is 4.90 Å². The number of hydrogen-bond donors (Lipinski definition) is 1. The van der Waals surface area contributed by atoms with Crippen molar-refractivity contribution in [1.29, 1.82) is 0 Å². The van der Waals surface area contributed by atoms with Crippen molar-refractivity contribution < 1.29 is 0 Å². The van der Waals surface area contributed by atoms with Crippen molar-refractivity contribution in [3.05, 3.63) is 28.8 Å². The number of hydrogen-bond acceptors (Lipinski definition) is 3. The summed E-state index contributed by atoms with van der Waals surface area (Å²) in [5.74, 6) is 0. The van der Waals surface area contributed by atoms with E-state index in [0.717, 1.165) is 23.7 Å². The highest BCUT2D eigenvalue weighted by Crippen LogP contribution is 2.31. The van der Waals surface area contributed by atoms with Crippen molar-refractivity contribution >= 4 is 17.3 Å². The van der Waals surface area contributed by atoms with Crippen molar-refractivity contribution in [3.63, 3.8) is 0 Å². The Morgan fingerprint density at radius 2 is 2.10 bits per heavy atom. The van der Waals surface area contributed by atoms with E-state index in [1.54, 1.807) is 0 Å². The molecule has 0 radical (unpaired) electrons. The monoisotopic (exact) mass is 307 g/mol. The summed E-state index contributed by atoms with van der Waals surface area (Å²) in [5.41, 5.74) is 8.22. The number of fused-ring (bicyclic) bond motifs is 1. The van der Waals surface area contributed by atoms with Gasteiger partial charge in [0.2, 0.25) is 0 Å². The van der Waals surface area contributed by atoms with Gasteiger partial charge in [-0.25, -0.2) is 0 Å². The van der Waals surface area contributed by atoms with Crippen molar-refractivity contribution in [2.75, 3.05) is 24.5 Å². The second-order valence-electron chi connectivity index (χ2n) is 6.64. The molecule has 3 rings (SSSR count). The number of benzene rings is 1. The van der Waals surface area contributed by atoms with E-state index in [4.69, 9.17) is 17.3 Å². The maximum absolute atomic E-state index is 6.41. The second-order valence-corrected chi connectivity index (χ2v) is 7.05. The highest BCUT2D eigenvalue weighted by molar-refractivity contribution is 6.31. The number of rotatable bonds is 2. The largest absolute Gasteiger partial charge is 0.366 e. The molecule has 2 saturated heterocycles. The molecule has 0 aliphatic carbocycles. The first-order chi connectivity index (χ1) is 10.1. The van der Waals surface area contributed by atoms with Gasteiger partial charge in [-0.3, -0.25) is 4.90 Å². The summed E-state index contributed by atoms with van der Waals surface area (Å²) in [6.45, 7) is 7.85. The molecule has 2 aliphatic heterocycles. The van der Waals surface area contributed by atoms with E-state index in [0.29, 0.717) is 12.1 Å². The number of piperazine rings is 1. The van der Waals surface area contributed by atoms with Crippen LogP contribution in [-0.4, -0.2) is 36.6 Å². The van der Waals surface area contributed by atoms with Crippen molar-refractivity contribution in [2.45, 2.75) is 51.2 Å². The molecule has 0 bridgehead atoms. The van der Waals surface area contributed by atoms with Crippen LogP contribution in [-0.2, 0) is 0 Å². The molecule has 2 heterocycles. The summed E-state index contributed by atoms with van der Waals surface area (Å²) in [6.07, 6.45) is 4.06. The first-order valence-electron chi connectivity index (χ1n) is 8.12. The van der Waals surface area contributed by atoms with Crippen LogP contribution in [0.4, 0.5) is 5.69 Å². The van der Waals surface area contributed by atoms with E-state index in [-0.39, 0.29) is 6.04 Å². The number of halogens is 1. The lowest BCUT2D eigenvalue weighted by atomic mass is 9.96. The van der Waals surface area contributed by atoms with Gasteiger partial charge in [0.15, 0.2) is 0 Å². The third-order valence-electron chi connectivity index (χ3n) is 4.99. The van der Waals surface area contributed by atoms with Gasteiger partial charge < -0.3 is 10.6 Å². The van der Waals surface area contributed by atoms with Crippen LogP contribution in [0.5, 0.6) is 0 Å². The fourth-order valence-corrected chi connectivity index (χ4v) is 4.12. The van der Waals surface area contributed by atoms with Crippen LogP contribution in [0, 0.1) is 0 Å². The van der Waals surface area contributed by atoms with E-state index in [1.165, 1.54) is 31.5 Å². The maximum Gasteiger partial charge on any atom is 0.0474 e. The fraction of sp³-hybridized carbons (Fsp3) is 0.647. The lowest BCUT2D eigenvalue weighted by Gasteiger charge is -2.48. The molecule has 1 aromatic carbocycles. The standard InChI is InChI=1S/C17H26ClN3/c1-12-10-20-8-4-3-5-15(20)11-21(12)14-6-7-16(13(2)19)17(18)9-14/h6-7,9,12-13,15H,3-5,8,10-11,19H2,1-2H3. The minimum Gasteiger partial charge on any atom is -0.366 e. The molecule has 0 aromatic heterocycles. The first kappa shape index (κ1) is 15.1. The Morgan fingerprint density at radius 3 is 2.81 bits per heavy atom. The predicted octanol–water partition coefficient (Wildman–Crippen LogP) is 3.42. The summed E-state index contributed by atoms with van der Waals surface area (Å²) in [5, 5.41) is 0.792. The zero-order valence-electron chi connectivity index (χ0n) is 13.1. The topological polar surface area (TPSA) is 32.5 Å². The van der Waals surface area contributed by atoms with Gasteiger partial charge in [-0.05, 0) is 50.9 Å². The minimum atomic E-state index is -0.0147. The van der Waals surface area contributed by atoms with Gasteiger partial charge in [0.05, 0.1) is 0 Å². The molecule has 0 saturated carbocycles. The van der Waals surface area contributed by atoms with Gasteiger partial charge >= 0.3 is 0 Å². The molecule has 2 fully saturated rings. The number of piperidine rings is 1. The smallest absolute Gasteiger partial charge is 0.0474 e. The lowest BCUT2D eigenvalue weighted by Crippen LogP contribution is -2.58. The molecule has 4 heteroatoms. The molecular weight excluding hydrogens is 282 g/mol. The minimum absolute atomic E-state index is 0.0147. The van der Waals surface area contributed by atoms with Crippen LogP contribution >= 0.6 is 11.6 Å². The predicted molar refractivity (Wildman–Crippen MR) is 90.1 cm³/mol. The van der Waals surface area contributed by atoms with Crippen LogP contribution in [0.1, 0.15) is 44.7 Å². The zero-order valence-corrected chi connectivity index (χ0v) is 13.8. The molecule has 3 nitrogen and oxygen atoms in total. The van der Waals surface area contributed by atoms with Crippen LogP contribution in [0.25, 0.3) is 0 Å². The summed E-state index contributed by atoms with van der Waals surface area (Å²) >= 11 is 6.41. The third-order valence-corrected chi connectivity index (χ3v) is 5.32. The number of nitrogens with zero attached hydrogens (tertiary/aromatic N) is 2. The average molecular weight is 308 g/mol. The van der Waals surface area contributed by atoms with Crippen molar-refractivity contribution in [2.24, 2.45) is 5.73 Å². The van der Waals surface area contributed by atoms with E-state index in [9.17, 15) is 0 Å². The maximum atomic E-state index is 6.41.